The Hall–Kier alpha value is -0.120. The number of hydrogen-bond donors (Lipinski definition) is 3. The zero-order chi connectivity index (χ0) is 9.90. The molecule has 0 bridgehead atoms. The van der Waals surface area contributed by atoms with E-state index in [0.29, 0.717) is 0 Å². The summed E-state index contributed by atoms with van der Waals surface area (Å²) >= 11 is 0. The van der Waals surface area contributed by atoms with Crippen LogP contribution in [0.15, 0.2) is 0 Å². The summed E-state index contributed by atoms with van der Waals surface area (Å²) in [6, 6.07) is 0. The Bertz CT molecular complexity index is 63.8. The lowest BCUT2D eigenvalue weighted by Crippen LogP contribution is -2.26. The molecule has 0 aromatic carbocycles. The van der Waals surface area contributed by atoms with Crippen molar-refractivity contribution in [1.29, 1.82) is 0 Å². The van der Waals surface area contributed by atoms with E-state index in [2.05, 4.69) is 16.0 Å². The van der Waals surface area contributed by atoms with Gasteiger partial charge in [0.05, 0.1) is 0 Å². The fourth-order valence-corrected chi connectivity index (χ4v) is 1.73. The van der Waals surface area contributed by atoms with Crippen LogP contribution < -0.4 is 16.0 Å². The summed E-state index contributed by atoms with van der Waals surface area (Å²) in [5.41, 5.74) is 0. The van der Waals surface area contributed by atoms with Gasteiger partial charge in [-0.1, -0.05) is 6.42 Å². The highest BCUT2D eigenvalue weighted by molar-refractivity contribution is 4.56. The summed E-state index contributed by atoms with van der Waals surface area (Å²) in [7, 11) is 0. The van der Waals surface area contributed by atoms with Gasteiger partial charge < -0.3 is 16.0 Å². The van der Waals surface area contributed by atoms with E-state index in [-0.39, 0.29) is 0 Å². The van der Waals surface area contributed by atoms with Crippen molar-refractivity contribution in [3.63, 3.8) is 0 Å². The maximum absolute atomic E-state index is 3.48. The molecule has 84 valence electrons. The molecule has 1 saturated heterocycles. The smallest absolute Gasteiger partial charge is 0.00368 e. The maximum atomic E-state index is 3.48. The van der Waals surface area contributed by atoms with Crippen LogP contribution >= 0.6 is 0 Å². The van der Waals surface area contributed by atoms with Crippen molar-refractivity contribution in [1.82, 2.24) is 16.0 Å². The van der Waals surface area contributed by atoms with Crippen molar-refractivity contribution in [2.45, 2.75) is 32.1 Å². The van der Waals surface area contributed by atoms with Crippen molar-refractivity contribution in [3.05, 3.63) is 0 Å². The van der Waals surface area contributed by atoms with E-state index in [9.17, 15) is 0 Å². The van der Waals surface area contributed by atoms with Crippen molar-refractivity contribution < 1.29 is 0 Å². The van der Waals surface area contributed by atoms with Crippen LogP contribution in [0.5, 0.6) is 0 Å². The quantitative estimate of drug-likeness (QED) is 0.538. The van der Waals surface area contributed by atoms with Gasteiger partial charge >= 0.3 is 0 Å². The number of nitrogens with one attached hydrogen (secondary N) is 3. The van der Waals surface area contributed by atoms with Gasteiger partial charge in [-0.05, 0) is 65.0 Å². The Morgan fingerprint density at radius 1 is 0.357 bits per heavy atom. The van der Waals surface area contributed by atoms with Gasteiger partial charge in [-0.3, -0.25) is 0 Å². The topological polar surface area (TPSA) is 36.1 Å². The minimum Gasteiger partial charge on any atom is -0.317 e. The molecule has 3 N–H and O–H groups in total. The third-order valence-electron chi connectivity index (χ3n) is 2.62. The van der Waals surface area contributed by atoms with E-state index >= 15 is 0 Å². The van der Waals surface area contributed by atoms with Crippen molar-refractivity contribution in [2.24, 2.45) is 0 Å². The van der Waals surface area contributed by atoms with Crippen LogP contribution in [0, 0.1) is 0 Å². The molecule has 0 unspecified atom stereocenters. The summed E-state index contributed by atoms with van der Waals surface area (Å²) in [4.78, 5) is 0. The second kappa shape index (κ2) is 9.44. The molecule has 3 nitrogen and oxygen atoms in total. The first-order chi connectivity index (χ1) is 7.00. The molecule has 0 aromatic rings. The molecule has 14 heavy (non-hydrogen) atoms. The molecule has 3 heteroatoms. The molecule has 0 aromatic heterocycles. The largest absolute Gasteiger partial charge is 0.317 e. The van der Waals surface area contributed by atoms with Gasteiger partial charge in [-0.15, -0.1) is 0 Å². The highest BCUT2D eigenvalue weighted by Crippen LogP contribution is 1.92. The molecule has 0 saturated carbocycles. The Morgan fingerprint density at radius 2 is 0.714 bits per heavy atom. The van der Waals surface area contributed by atoms with Gasteiger partial charge in [-0.2, -0.15) is 0 Å². The second-order valence-electron chi connectivity index (χ2n) is 4.02. The molecule has 1 rings (SSSR count). The summed E-state index contributed by atoms with van der Waals surface area (Å²) in [5.74, 6) is 0. The first kappa shape index (κ1) is 12.0. The minimum atomic E-state index is 1.16. The van der Waals surface area contributed by atoms with E-state index in [1.807, 2.05) is 0 Å². The molecule has 1 heterocycles. The number of hydrogen-bond acceptors (Lipinski definition) is 3. The molecule has 1 fully saturated rings. The fourth-order valence-electron chi connectivity index (χ4n) is 1.73. The highest BCUT2D eigenvalue weighted by Gasteiger charge is 1.93. The van der Waals surface area contributed by atoms with E-state index in [1.165, 1.54) is 58.3 Å². The summed E-state index contributed by atoms with van der Waals surface area (Å²) in [5, 5.41) is 10.4. The third kappa shape index (κ3) is 7.30. The minimum absolute atomic E-state index is 1.16. The van der Waals surface area contributed by atoms with Crippen LogP contribution in [0.4, 0.5) is 0 Å². The summed E-state index contributed by atoms with van der Waals surface area (Å²) < 4.78 is 0. The van der Waals surface area contributed by atoms with Crippen LogP contribution in [-0.4, -0.2) is 39.3 Å². The highest BCUT2D eigenvalue weighted by atomic mass is 14.9. The van der Waals surface area contributed by atoms with Gasteiger partial charge in [-0.25, -0.2) is 0 Å². The molecular weight excluding hydrogens is 174 g/mol. The molecule has 1 aliphatic heterocycles. The van der Waals surface area contributed by atoms with E-state index in [0.717, 1.165) is 13.1 Å². The van der Waals surface area contributed by atoms with Crippen LogP contribution in [0.3, 0.4) is 0 Å². The van der Waals surface area contributed by atoms with Crippen molar-refractivity contribution in [2.75, 3.05) is 39.3 Å². The van der Waals surface area contributed by atoms with Crippen LogP contribution in [0.2, 0.25) is 0 Å². The zero-order valence-corrected chi connectivity index (χ0v) is 9.28. The molecule has 0 radical (unpaired) electrons. The Balaban J connectivity index is 2.00. The first-order valence-corrected chi connectivity index (χ1v) is 6.12. The van der Waals surface area contributed by atoms with E-state index in [1.54, 1.807) is 0 Å². The van der Waals surface area contributed by atoms with Crippen molar-refractivity contribution >= 4 is 0 Å². The average Bonchev–Trinajstić information content (AvgIpc) is 2.22. The predicted octanol–water partition coefficient (Wildman–Crippen LogP) is 0.719. The standard InChI is InChI=1S/C11H25N3/c1-2-6-12-8-4-10-14-11-5-9-13-7-3-1/h12-14H,1-11H2. The van der Waals surface area contributed by atoms with Gasteiger partial charge in [0.15, 0.2) is 0 Å². The Morgan fingerprint density at radius 3 is 1.14 bits per heavy atom. The molecule has 1 aliphatic rings. The monoisotopic (exact) mass is 199 g/mol. The van der Waals surface area contributed by atoms with Crippen LogP contribution in [0.1, 0.15) is 32.1 Å². The lowest BCUT2D eigenvalue weighted by molar-refractivity contribution is 0.524. The number of rotatable bonds is 0. The molecule has 0 amide bonds. The van der Waals surface area contributed by atoms with E-state index in [4.69, 9.17) is 0 Å². The Labute approximate surface area is 88.0 Å². The normalized spacial score (nSPS) is 24.0. The van der Waals surface area contributed by atoms with Gasteiger partial charge in [0.1, 0.15) is 0 Å². The predicted molar refractivity (Wildman–Crippen MR) is 61.7 cm³/mol. The molecule has 0 aliphatic carbocycles. The molecule has 0 spiro atoms. The fraction of sp³-hybridized carbons (Fsp3) is 1.00. The SMILES string of the molecule is C1CCNCCCNCCCNCC1. The van der Waals surface area contributed by atoms with Crippen LogP contribution in [-0.2, 0) is 0 Å². The molecular formula is C11H25N3. The van der Waals surface area contributed by atoms with E-state index < -0.39 is 0 Å². The zero-order valence-electron chi connectivity index (χ0n) is 9.28. The maximum Gasteiger partial charge on any atom is -0.00368 e. The third-order valence-corrected chi connectivity index (χ3v) is 2.62. The summed E-state index contributed by atoms with van der Waals surface area (Å²) in [6.45, 7) is 7.05. The van der Waals surface area contributed by atoms with Gasteiger partial charge in [0.2, 0.25) is 0 Å². The average molecular weight is 199 g/mol. The van der Waals surface area contributed by atoms with Crippen LogP contribution in [0.25, 0.3) is 0 Å². The van der Waals surface area contributed by atoms with Crippen molar-refractivity contribution in [3.8, 4) is 0 Å². The lowest BCUT2D eigenvalue weighted by Gasteiger charge is -2.09. The van der Waals surface area contributed by atoms with Gasteiger partial charge in [0.25, 0.3) is 0 Å². The molecule has 0 atom stereocenters. The lowest BCUT2D eigenvalue weighted by atomic mass is 10.2. The van der Waals surface area contributed by atoms with Gasteiger partial charge in [0, 0.05) is 0 Å². The first-order valence-electron chi connectivity index (χ1n) is 6.12. The summed E-state index contributed by atoms with van der Waals surface area (Å²) in [6.07, 6.45) is 6.53. The second-order valence-corrected chi connectivity index (χ2v) is 4.02. The Kier molecular flexibility index (Phi) is 8.06.